The third-order valence-electron chi connectivity index (χ3n) is 3.18. The highest BCUT2D eigenvalue weighted by Gasteiger charge is 2.06. The molecule has 0 spiro atoms. The van der Waals surface area contributed by atoms with Crippen LogP contribution in [0.4, 0.5) is 0 Å². The number of H-pyrrole nitrogens is 1. The van der Waals surface area contributed by atoms with Gasteiger partial charge in [0.2, 0.25) is 0 Å². The summed E-state index contributed by atoms with van der Waals surface area (Å²) in [5, 5.41) is 10.3. The van der Waals surface area contributed by atoms with Crippen LogP contribution in [0.1, 0.15) is 29.6 Å². The molecule has 0 radical (unpaired) electrons. The van der Waals surface area contributed by atoms with Gasteiger partial charge < -0.3 is 9.88 Å². The highest BCUT2D eigenvalue weighted by Crippen LogP contribution is 2.14. The van der Waals surface area contributed by atoms with E-state index in [0.29, 0.717) is 0 Å². The van der Waals surface area contributed by atoms with Gasteiger partial charge in [-0.1, -0.05) is 0 Å². The van der Waals surface area contributed by atoms with Gasteiger partial charge in [0.15, 0.2) is 0 Å². The van der Waals surface area contributed by atoms with Gasteiger partial charge in [-0.05, 0) is 38.5 Å². The van der Waals surface area contributed by atoms with Crippen molar-refractivity contribution in [3.05, 3.63) is 41.0 Å². The Labute approximate surface area is 102 Å². The molecule has 0 saturated heterocycles. The van der Waals surface area contributed by atoms with Crippen molar-refractivity contribution in [2.45, 2.75) is 40.4 Å². The number of aromatic nitrogens is 3. The van der Waals surface area contributed by atoms with E-state index in [1.54, 1.807) is 6.20 Å². The molecule has 0 fully saturated rings. The van der Waals surface area contributed by atoms with Crippen LogP contribution in [0.5, 0.6) is 0 Å². The number of aromatic amines is 1. The molecule has 0 amide bonds. The van der Waals surface area contributed by atoms with Crippen LogP contribution < -0.4 is 5.32 Å². The summed E-state index contributed by atoms with van der Waals surface area (Å²) in [6.07, 6.45) is 1.78. The van der Waals surface area contributed by atoms with E-state index in [1.165, 1.54) is 17.0 Å². The fraction of sp³-hybridized carbons (Fsp3) is 0.462. The second-order valence-corrected chi connectivity index (χ2v) is 4.33. The molecule has 0 aliphatic rings. The van der Waals surface area contributed by atoms with E-state index in [-0.39, 0.29) is 0 Å². The van der Waals surface area contributed by atoms with E-state index < -0.39 is 0 Å². The molecule has 4 nitrogen and oxygen atoms in total. The zero-order valence-electron chi connectivity index (χ0n) is 10.7. The van der Waals surface area contributed by atoms with Crippen molar-refractivity contribution in [1.29, 1.82) is 0 Å². The minimum Gasteiger partial charge on any atom is -0.349 e. The standard InChI is InChI=1S/C13H20N4/c1-4-17-10(2)7-12(11(17)3)8-14-9-13-5-6-15-16-13/h5-7,14H,4,8-9H2,1-3H3,(H,15,16). The molecule has 2 aromatic heterocycles. The van der Waals surface area contributed by atoms with Crippen LogP contribution in [0.15, 0.2) is 18.3 Å². The first-order chi connectivity index (χ1) is 8.22. The van der Waals surface area contributed by atoms with E-state index in [1.807, 2.05) is 6.07 Å². The molecule has 0 saturated carbocycles. The number of hydrogen-bond acceptors (Lipinski definition) is 2. The van der Waals surface area contributed by atoms with Crippen LogP contribution in [-0.2, 0) is 19.6 Å². The van der Waals surface area contributed by atoms with E-state index in [0.717, 1.165) is 25.3 Å². The molecule has 0 aliphatic carbocycles. The predicted octanol–water partition coefficient (Wildman–Crippen LogP) is 2.14. The molecular formula is C13H20N4. The molecule has 2 aromatic rings. The monoisotopic (exact) mass is 232 g/mol. The number of nitrogens with one attached hydrogen (secondary N) is 2. The summed E-state index contributed by atoms with van der Waals surface area (Å²) in [6, 6.07) is 4.25. The second-order valence-electron chi connectivity index (χ2n) is 4.33. The van der Waals surface area contributed by atoms with Gasteiger partial charge in [0.05, 0.1) is 0 Å². The summed E-state index contributed by atoms with van der Waals surface area (Å²) in [7, 11) is 0. The number of aryl methyl sites for hydroxylation is 1. The maximum absolute atomic E-state index is 3.93. The minimum atomic E-state index is 0.829. The molecule has 92 valence electrons. The highest BCUT2D eigenvalue weighted by molar-refractivity contribution is 5.26. The van der Waals surface area contributed by atoms with Gasteiger partial charge in [0.1, 0.15) is 0 Å². The molecule has 0 aliphatic heterocycles. The fourth-order valence-electron chi connectivity index (χ4n) is 2.25. The summed E-state index contributed by atoms with van der Waals surface area (Å²) in [5.74, 6) is 0. The molecule has 0 unspecified atom stereocenters. The topological polar surface area (TPSA) is 45.6 Å². The van der Waals surface area contributed by atoms with Crippen molar-refractivity contribution < 1.29 is 0 Å². The quantitative estimate of drug-likeness (QED) is 0.829. The maximum Gasteiger partial charge on any atom is 0.0490 e. The van der Waals surface area contributed by atoms with Crippen LogP contribution in [-0.4, -0.2) is 14.8 Å². The Morgan fingerprint density at radius 1 is 1.35 bits per heavy atom. The molecule has 0 bridgehead atoms. The lowest BCUT2D eigenvalue weighted by Crippen LogP contribution is -2.13. The Bertz CT molecular complexity index is 468. The van der Waals surface area contributed by atoms with Gasteiger partial charge in [0, 0.05) is 42.9 Å². The minimum absolute atomic E-state index is 0.829. The molecule has 4 heteroatoms. The number of nitrogens with zero attached hydrogens (tertiary/aromatic N) is 2. The Kier molecular flexibility index (Phi) is 3.64. The number of hydrogen-bond donors (Lipinski definition) is 2. The largest absolute Gasteiger partial charge is 0.349 e. The van der Waals surface area contributed by atoms with Gasteiger partial charge in [0.25, 0.3) is 0 Å². The Morgan fingerprint density at radius 2 is 2.18 bits per heavy atom. The lowest BCUT2D eigenvalue weighted by Gasteiger charge is -2.06. The first-order valence-corrected chi connectivity index (χ1v) is 6.07. The average molecular weight is 232 g/mol. The summed E-state index contributed by atoms with van der Waals surface area (Å²) < 4.78 is 2.34. The van der Waals surface area contributed by atoms with Crippen molar-refractivity contribution >= 4 is 0 Å². The van der Waals surface area contributed by atoms with Crippen LogP contribution >= 0.6 is 0 Å². The Balaban J connectivity index is 1.95. The molecule has 17 heavy (non-hydrogen) atoms. The Morgan fingerprint density at radius 3 is 2.76 bits per heavy atom. The van der Waals surface area contributed by atoms with Gasteiger partial charge >= 0.3 is 0 Å². The third-order valence-corrected chi connectivity index (χ3v) is 3.18. The van der Waals surface area contributed by atoms with Crippen molar-refractivity contribution in [3.63, 3.8) is 0 Å². The molecule has 2 heterocycles. The van der Waals surface area contributed by atoms with E-state index in [2.05, 4.69) is 46.9 Å². The lowest BCUT2D eigenvalue weighted by atomic mass is 10.2. The molecule has 0 atom stereocenters. The van der Waals surface area contributed by atoms with Crippen LogP contribution in [0.25, 0.3) is 0 Å². The van der Waals surface area contributed by atoms with Gasteiger partial charge in [-0.15, -0.1) is 0 Å². The van der Waals surface area contributed by atoms with Crippen LogP contribution in [0.3, 0.4) is 0 Å². The summed E-state index contributed by atoms with van der Waals surface area (Å²) in [6.45, 7) is 9.30. The molecule has 0 aromatic carbocycles. The van der Waals surface area contributed by atoms with Gasteiger partial charge in [-0.3, -0.25) is 5.10 Å². The first-order valence-electron chi connectivity index (χ1n) is 6.07. The van der Waals surface area contributed by atoms with Gasteiger partial charge in [-0.25, -0.2) is 0 Å². The van der Waals surface area contributed by atoms with E-state index in [4.69, 9.17) is 0 Å². The Hall–Kier alpha value is -1.55. The van der Waals surface area contributed by atoms with Crippen molar-refractivity contribution in [2.75, 3.05) is 0 Å². The van der Waals surface area contributed by atoms with Crippen molar-refractivity contribution in [2.24, 2.45) is 0 Å². The molecule has 2 rings (SSSR count). The first kappa shape index (κ1) is 11.9. The van der Waals surface area contributed by atoms with E-state index >= 15 is 0 Å². The predicted molar refractivity (Wildman–Crippen MR) is 68.7 cm³/mol. The van der Waals surface area contributed by atoms with Crippen molar-refractivity contribution in [3.8, 4) is 0 Å². The number of rotatable bonds is 5. The smallest absolute Gasteiger partial charge is 0.0490 e. The lowest BCUT2D eigenvalue weighted by molar-refractivity contribution is 0.664. The normalized spacial score (nSPS) is 11.0. The SMILES string of the molecule is CCn1c(C)cc(CNCc2ccn[nH]2)c1C. The third kappa shape index (κ3) is 2.58. The summed E-state index contributed by atoms with van der Waals surface area (Å²) in [5.41, 5.74) is 5.20. The molecule has 2 N–H and O–H groups in total. The average Bonchev–Trinajstić information content (AvgIpc) is 2.89. The molecular weight excluding hydrogens is 212 g/mol. The fourth-order valence-corrected chi connectivity index (χ4v) is 2.25. The summed E-state index contributed by atoms with van der Waals surface area (Å²) >= 11 is 0. The van der Waals surface area contributed by atoms with Gasteiger partial charge in [-0.2, -0.15) is 5.10 Å². The van der Waals surface area contributed by atoms with E-state index in [9.17, 15) is 0 Å². The van der Waals surface area contributed by atoms with Crippen molar-refractivity contribution in [1.82, 2.24) is 20.1 Å². The zero-order chi connectivity index (χ0) is 12.3. The second kappa shape index (κ2) is 5.19. The maximum atomic E-state index is 3.93. The zero-order valence-corrected chi connectivity index (χ0v) is 10.7. The van der Waals surface area contributed by atoms with Crippen LogP contribution in [0, 0.1) is 13.8 Å². The highest BCUT2D eigenvalue weighted by atomic mass is 15.1. The summed E-state index contributed by atoms with van der Waals surface area (Å²) in [4.78, 5) is 0. The van der Waals surface area contributed by atoms with Crippen LogP contribution in [0.2, 0.25) is 0 Å².